The number of likely N-dealkylation sites (N-methyl/N-ethyl adjacent to an activating group) is 1. The predicted octanol–water partition coefficient (Wildman–Crippen LogP) is 4.09. The summed E-state index contributed by atoms with van der Waals surface area (Å²) in [4.78, 5) is 11.9. The third kappa shape index (κ3) is 5.88. The molecule has 0 spiro atoms. The number of para-hydroxylation sites is 1. The van der Waals surface area contributed by atoms with Crippen molar-refractivity contribution < 1.29 is 18.8 Å². The third-order valence-corrected chi connectivity index (χ3v) is 5.14. The van der Waals surface area contributed by atoms with Gasteiger partial charge in [0.1, 0.15) is 11.5 Å². The predicted molar refractivity (Wildman–Crippen MR) is 104 cm³/mol. The van der Waals surface area contributed by atoms with Gasteiger partial charge in [-0.1, -0.05) is 30.3 Å². The van der Waals surface area contributed by atoms with Crippen molar-refractivity contribution in [3.63, 3.8) is 0 Å². The van der Waals surface area contributed by atoms with Crippen LogP contribution in [0.15, 0.2) is 54.6 Å². The highest BCUT2D eigenvalue weighted by Crippen LogP contribution is 2.15. The summed E-state index contributed by atoms with van der Waals surface area (Å²) in [5, 5.41) is 0. The van der Waals surface area contributed by atoms with E-state index in [1.807, 2.05) is 54.6 Å². The van der Waals surface area contributed by atoms with E-state index in [1.165, 1.54) is 5.56 Å². The van der Waals surface area contributed by atoms with Crippen molar-refractivity contribution in [2.45, 2.75) is 27.2 Å². The standard InChI is InChI=1S/C22H30NO3/c1-4-23(5-2,6-3)17-16-19-12-14-21(15-13-19)26-22(24)18-25-20-10-8-7-9-11-20/h7-15H,4-6,16-18H2,1-3H3/q+1. The molecule has 0 atom stereocenters. The zero-order valence-corrected chi connectivity index (χ0v) is 16.1. The summed E-state index contributed by atoms with van der Waals surface area (Å²) in [6, 6.07) is 17.0. The largest absolute Gasteiger partial charge is 0.482 e. The minimum absolute atomic E-state index is 0.102. The van der Waals surface area contributed by atoms with E-state index in [1.54, 1.807) is 0 Å². The number of hydrogen-bond acceptors (Lipinski definition) is 3. The average Bonchev–Trinajstić information content (AvgIpc) is 2.70. The fourth-order valence-electron chi connectivity index (χ4n) is 3.06. The van der Waals surface area contributed by atoms with Crippen molar-refractivity contribution in [3.8, 4) is 11.5 Å². The lowest BCUT2D eigenvalue weighted by Crippen LogP contribution is -2.48. The second-order valence-corrected chi connectivity index (χ2v) is 6.48. The number of benzene rings is 2. The maximum atomic E-state index is 11.9. The van der Waals surface area contributed by atoms with Gasteiger partial charge in [0.2, 0.25) is 0 Å². The molecule has 2 aromatic rings. The van der Waals surface area contributed by atoms with Crippen LogP contribution < -0.4 is 9.47 Å². The Bertz CT molecular complexity index is 655. The van der Waals surface area contributed by atoms with Crippen molar-refractivity contribution in [1.82, 2.24) is 0 Å². The Kier molecular flexibility index (Phi) is 7.67. The van der Waals surface area contributed by atoms with Crippen molar-refractivity contribution in [2.75, 3.05) is 32.8 Å². The van der Waals surface area contributed by atoms with Gasteiger partial charge < -0.3 is 14.0 Å². The summed E-state index contributed by atoms with van der Waals surface area (Å²) < 4.78 is 11.9. The van der Waals surface area contributed by atoms with Crippen LogP contribution in [-0.2, 0) is 11.2 Å². The molecule has 0 fully saturated rings. The van der Waals surface area contributed by atoms with E-state index in [-0.39, 0.29) is 6.61 Å². The molecule has 0 heterocycles. The molecule has 26 heavy (non-hydrogen) atoms. The number of esters is 1. The van der Waals surface area contributed by atoms with Crippen molar-refractivity contribution in [3.05, 3.63) is 60.2 Å². The van der Waals surface area contributed by atoms with Crippen LogP contribution in [0.1, 0.15) is 26.3 Å². The van der Waals surface area contributed by atoms with Gasteiger partial charge in [0, 0.05) is 6.42 Å². The second kappa shape index (κ2) is 9.97. The molecule has 0 amide bonds. The maximum Gasteiger partial charge on any atom is 0.349 e. The topological polar surface area (TPSA) is 35.5 Å². The maximum absolute atomic E-state index is 11.9. The Hall–Kier alpha value is -2.33. The lowest BCUT2D eigenvalue weighted by Gasteiger charge is -2.35. The SMILES string of the molecule is CC[N+](CC)(CC)CCc1ccc(OC(=O)COc2ccccc2)cc1. The number of rotatable bonds is 10. The fraction of sp³-hybridized carbons (Fsp3) is 0.409. The molecule has 140 valence electrons. The number of hydrogen-bond donors (Lipinski definition) is 0. The van der Waals surface area contributed by atoms with Gasteiger partial charge in [-0.2, -0.15) is 0 Å². The monoisotopic (exact) mass is 356 g/mol. The lowest BCUT2D eigenvalue weighted by atomic mass is 10.1. The molecule has 0 aromatic heterocycles. The first kappa shape index (κ1) is 20.0. The number of carbonyl (C=O) groups excluding carboxylic acids is 1. The van der Waals surface area contributed by atoms with Crippen LogP contribution in [0, 0.1) is 0 Å². The van der Waals surface area contributed by atoms with Crippen molar-refractivity contribution >= 4 is 5.97 Å². The first-order chi connectivity index (χ1) is 12.6. The minimum Gasteiger partial charge on any atom is -0.482 e. The van der Waals surface area contributed by atoms with Gasteiger partial charge >= 0.3 is 5.97 Å². The molecular weight excluding hydrogens is 326 g/mol. The Morgan fingerprint density at radius 2 is 1.46 bits per heavy atom. The Labute approximate surface area is 156 Å². The Morgan fingerprint density at radius 1 is 0.846 bits per heavy atom. The molecule has 2 rings (SSSR count). The lowest BCUT2D eigenvalue weighted by molar-refractivity contribution is -0.923. The number of carbonyl (C=O) groups is 1. The van der Waals surface area contributed by atoms with Crippen LogP contribution in [-0.4, -0.2) is 43.2 Å². The minimum atomic E-state index is -0.403. The van der Waals surface area contributed by atoms with Crippen LogP contribution in [0.25, 0.3) is 0 Å². The van der Waals surface area contributed by atoms with Crippen LogP contribution in [0.5, 0.6) is 11.5 Å². The molecule has 0 N–H and O–H groups in total. The first-order valence-electron chi connectivity index (χ1n) is 9.43. The van der Waals surface area contributed by atoms with Gasteiger partial charge in [0.25, 0.3) is 0 Å². The van der Waals surface area contributed by atoms with E-state index in [0.29, 0.717) is 11.5 Å². The number of ether oxygens (including phenoxy) is 2. The zero-order chi connectivity index (χ0) is 18.8. The molecule has 0 unspecified atom stereocenters. The Balaban J connectivity index is 1.82. The Morgan fingerprint density at radius 3 is 2.04 bits per heavy atom. The van der Waals surface area contributed by atoms with E-state index in [2.05, 4.69) is 20.8 Å². The van der Waals surface area contributed by atoms with Gasteiger partial charge in [-0.25, -0.2) is 4.79 Å². The molecular formula is C22H30NO3+. The van der Waals surface area contributed by atoms with Gasteiger partial charge in [-0.3, -0.25) is 0 Å². The summed E-state index contributed by atoms with van der Waals surface area (Å²) in [7, 11) is 0. The third-order valence-electron chi connectivity index (χ3n) is 5.14. The summed E-state index contributed by atoms with van der Waals surface area (Å²) in [5.41, 5.74) is 1.27. The quantitative estimate of drug-likeness (QED) is 0.365. The van der Waals surface area contributed by atoms with Crippen molar-refractivity contribution in [2.24, 2.45) is 0 Å². The summed E-state index contributed by atoms with van der Waals surface area (Å²) in [6.45, 7) is 11.3. The van der Waals surface area contributed by atoms with Crippen LogP contribution in [0.2, 0.25) is 0 Å². The van der Waals surface area contributed by atoms with E-state index in [9.17, 15) is 4.79 Å². The van der Waals surface area contributed by atoms with E-state index >= 15 is 0 Å². The summed E-state index contributed by atoms with van der Waals surface area (Å²) >= 11 is 0. The molecule has 0 aliphatic heterocycles. The first-order valence-corrected chi connectivity index (χ1v) is 9.43. The van der Waals surface area contributed by atoms with Crippen LogP contribution >= 0.6 is 0 Å². The highest BCUT2D eigenvalue weighted by molar-refractivity contribution is 5.73. The molecule has 0 bridgehead atoms. The van der Waals surface area contributed by atoms with E-state index < -0.39 is 5.97 Å². The van der Waals surface area contributed by atoms with Crippen molar-refractivity contribution in [1.29, 1.82) is 0 Å². The van der Waals surface area contributed by atoms with Gasteiger partial charge in [-0.05, 0) is 50.6 Å². The molecule has 0 saturated heterocycles. The molecule has 4 nitrogen and oxygen atoms in total. The zero-order valence-electron chi connectivity index (χ0n) is 16.1. The van der Waals surface area contributed by atoms with Crippen LogP contribution in [0.4, 0.5) is 0 Å². The highest BCUT2D eigenvalue weighted by Gasteiger charge is 2.20. The molecule has 2 aromatic carbocycles. The van der Waals surface area contributed by atoms with Gasteiger partial charge in [0.05, 0.1) is 26.2 Å². The molecule has 0 aliphatic rings. The number of nitrogens with zero attached hydrogens (tertiary/aromatic N) is 1. The molecule has 0 saturated carbocycles. The molecule has 4 heteroatoms. The normalized spacial score (nSPS) is 11.2. The van der Waals surface area contributed by atoms with Gasteiger partial charge in [-0.15, -0.1) is 0 Å². The molecule has 0 aliphatic carbocycles. The highest BCUT2D eigenvalue weighted by atomic mass is 16.6. The number of quaternary nitrogens is 1. The second-order valence-electron chi connectivity index (χ2n) is 6.48. The van der Waals surface area contributed by atoms with E-state index in [0.717, 1.165) is 37.1 Å². The summed E-state index contributed by atoms with van der Waals surface area (Å²) in [6.07, 6.45) is 1.03. The molecule has 0 radical (unpaired) electrons. The van der Waals surface area contributed by atoms with Crippen LogP contribution in [0.3, 0.4) is 0 Å². The summed E-state index contributed by atoms with van der Waals surface area (Å²) in [5.74, 6) is 0.807. The van der Waals surface area contributed by atoms with Gasteiger partial charge in [0.15, 0.2) is 6.61 Å². The smallest absolute Gasteiger partial charge is 0.349 e. The fourth-order valence-corrected chi connectivity index (χ4v) is 3.06. The average molecular weight is 356 g/mol. The van der Waals surface area contributed by atoms with E-state index in [4.69, 9.17) is 9.47 Å².